The fourth-order valence-corrected chi connectivity index (χ4v) is 4.23. The molecule has 7 nitrogen and oxygen atoms in total. The monoisotopic (exact) mass is 392 g/mol. The molecular weight excluding hydrogens is 372 g/mol. The van der Waals surface area contributed by atoms with E-state index in [0.717, 1.165) is 25.1 Å². The van der Waals surface area contributed by atoms with Gasteiger partial charge in [-0.05, 0) is 38.3 Å². The molecule has 10 heteroatoms. The van der Waals surface area contributed by atoms with Crippen LogP contribution in [-0.2, 0) is 19.4 Å². The maximum absolute atomic E-state index is 12.1. The number of hydrogen-bond donors (Lipinski definition) is 1. The number of carbonyl (C=O) groups excluding carboxylic acids is 1. The van der Waals surface area contributed by atoms with Crippen LogP contribution in [-0.4, -0.2) is 59.2 Å². The first kappa shape index (κ1) is 19.4. The molecule has 1 N–H and O–H groups in total. The Bertz CT molecular complexity index is 672. The van der Waals surface area contributed by atoms with Crippen LogP contribution in [0.2, 0.25) is 0 Å². The molecule has 2 rings (SSSR count). The zero-order valence-electron chi connectivity index (χ0n) is 13.3. The number of likely N-dealkylation sites (N-methyl/N-ethyl adjacent to an activating group) is 1. The van der Waals surface area contributed by atoms with Gasteiger partial charge in [0.2, 0.25) is 0 Å². The summed E-state index contributed by atoms with van der Waals surface area (Å²) in [5, 5.41) is 0. The van der Waals surface area contributed by atoms with E-state index in [1.165, 1.54) is 11.8 Å². The zero-order valence-corrected chi connectivity index (χ0v) is 15.8. The van der Waals surface area contributed by atoms with Crippen molar-refractivity contribution in [1.29, 1.82) is 0 Å². The standard InChI is InChI=1S/C14H20N2O5S3/c1-2-16-13(17)12(23-14(16)22)7-6-11-5-3-8-15(11)9-4-10-21-24(18,19)20/h6-7H,2-5,8-10H2,1H3,(H,18,19,20)/b11-6+,12-7-. The Morgan fingerprint density at radius 2 is 2.17 bits per heavy atom. The Labute approximate surface area is 151 Å². The Balaban J connectivity index is 1.93. The van der Waals surface area contributed by atoms with Crippen molar-refractivity contribution in [3.8, 4) is 0 Å². The molecule has 2 saturated heterocycles. The summed E-state index contributed by atoms with van der Waals surface area (Å²) in [6.07, 6.45) is 6.13. The molecule has 0 aromatic heterocycles. The maximum atomic E-state index is 12.1. The van der Waals surface area contributed by atoms with Crippen molar-refractivity contribution in [3.05, 3.63) is 22.8 Å². The van der Waals surface area contributed by atoms with Crippen LogP contribution < -0.4 is 0 Å². The number of amides is 1. The Kier molecular flexibility index (Phi) is 6.81. The summed E-state index contributed by atoms with van der Waals surface area (Å²) in [4.78, 5) is 16.5. The van der Waals surface area contributed by atoms with Gasteiger partial charge in [0.1, 0.15) is 4.32 Å². The number of hydrogen-bond acceptors (Lipinski definition) is 7. The van der Waals surface area contributed by atoms with Crippen LogP contribution in [0.5, 0.6) is 0 Å². The van der Waals surface area contributed by atoms with Crippen LogP contribution in [0.25, 0.3) is 0 Å². The van der Waals surface area contributed by atoms with E-state index in [0.29, 0.717) is 28.7 Å². The van der Waals surface area contributed by atoms with Crippen molar-refractivity contribution in [1.82, 2.24) is 9.80 Å². The molecule has 0 atom stereocenters. The van der Waals surface area contributed by atoms with Crippen LogP contribution in [0.3, 0.4) is 0 Å². The van der Waals surface area contributed by atoms with Gasteiger partial charge in [0.25, 0.3) is 5.91 Å². The normalized spacial score (nSPS) is 22.4. The highest BCUT2D eigenvalue weighted by molar-refractivity contribution is 8.26. The number of rotatable bonds is 7. The van der Waals surface area contributed by atoms with Crippen LogP contribution in [0.4, 0.5) is 0 Å². The molecule has 0 bridgehead atoms. The van der Waals surface area contributed by atoms with Gasteiger partial charge in [-0.25, -0.2) is 4.18 Å². The molecule has 2 heterocycles. The molecule has 0 radical (unpaired) electrons. The molecule has 0 aromatic rings. The highest BCUT2D eigenvalue weighted by atomic mass is 32.3. The van der Waals surface area contributed by atoms with Crippen molar-refractivity contribution < 1.29 is 21.9 Å². The minimum atomic E-state index is -4.37. The molecule has 134 valence electrons. The number of likely N-dealkylation sites (tertiary alicyclic amines) is 1. The minimum absolute atomic E-state index is 0.0578. The van der Waals surface area contributed by atoms with Crippen molar-refractivity contribution in [2.24, 2.45) is 0 Å². The molecule has 1 amide bonds. The van der Waals surface area contributed by atoms with Gasteiger partial charge in [0.05, 0.1) is 11.5 Å². The molecule has 0 aliphatic carbocycles. The summed E-state index contributed by atoms with van der Waals surface area (Å²) in [6.45, 7) is 3.91. The molecule has 0 unspecified atom stereocenters. The highest BCUT2D eigenvalue weighted by Crippen LogP contribution is 2.31. The van der Waals surface area contributed by atoms with Crippen molar-refractivity contribution in [3.63, 3.8) is 0 Å². The lowest BCUT2D eigenvalue weighted by molar-refractivity contribution is -0.122. The van der Waals surface area contributed by atoms with Crippen LogP contribution >= 0.6 is 24.0 Å². The van der Waals surface area contributed by atoms with Crippen molar-refractivity contribution in [2.75, 3.05) is 26.2 Å². The Morgan fingerprint density at radius 1 is 1.42 bits per heavy atom. The third-order valence-electron chi connectivity index (χ3n) is 3.69. The van der Waals surface area contributed by atoms with Gasteiger partial charge in [-0.3, -0.25) is 14.2 Å². The summed E-state index contributed by atoms with van der Waals surface area (Å²) in [7, 11) is -4.37. The van der Waals surface area contributed by atoms with Gasteiger partial charge in [-0.1, -0.05) is 24.0 Å². The van der Waals surface area contributed by atoms with E-state index < -0.39 is 10.4 Å². The van der Waals surface area contributed by atoms with Crippen LogP contribution in [0.1, 0.15) is 26.2 Å². The van der Waals surface area contributed by atoms with E-state index in [1.54, 1.807) is 11.0 Å². The van der Waals surface area contributed by atoms with Crippen LogP contribution in [0, 0.1) is 0 Å². The summed E-state index contributed by atoms with van der Waals surface area (Å²) in [5.41, 5.74) is 1.10. The smallest absolute Gasteiger partial charge is 0.375 e. The van der Waals surface area contributed by atoms with Gasteiger partial charge in [0, 0.05) is 25.3 Å². The first-order valence-corrected chi connectivity index (χ1v) is 10.2. The average Bonchev–Trinajstić information content (AvgIpc) is 3.05. The van der Waals surface area contributed by atoms with Gasteiger partial charge >= 0.3 is 10.4 Å². The van der Waals surface area contributed by atoms with E-state index in [9.17, 15) is 13.2 Å². The Morgan fingerprint density at radius 3 is 2.79 bits per heavy atom. The SMILES string of the molecule is CCN1C(=O)/C(=C/C=C2\CCCN2CCCOS(=O)(=O)O)SC1=S. The molecule has 0 aromatic carbocycles. The molecular formula is C14H20N2O5S3. The predicted octanol–water partition coefficient (Wildman–Crippen LogP) is 1.94. The van der Waals surface area contributed by atoms with E-state index in [1.807, 2.05) is 13.0 Å². The lowest BCUT2D eigenvalue weighted by Gasteiger charge is -2.19. The molecule has 2 aliphatic rings. The molecule has 24 heavy (non-hydrogen) atoms. The van der Waals surface area contributed by atoms with Gasteiger partial charge in [-0.2, -0.15) is 8.42 Å². The first-order valence-electron chi connectivity index (χ1n) is 7.63. The highest BCUT2D eigenvalue weighted by Gasteiger charge is 2.30. The Hall–Kier alpha value is -0.940. The second kappa shape index (κ2) is 8.43. The van der Waals surface area contributed by atoms with E-state index in [2.05, 4.69) is 9.08 Å². The summed E-state index contributed by atoms with van der Waals surface area (Å²) in [5.74, 6) is -0.0598. The summed E-state index contributed by atoms with van der Waals surface area (Å²) >= 11 is 6.49. The average molecular weight is 393 g/mol. The van der Waals surface area contributed by atoms with Crippen LogP contribution in [0.15, 0.2) is 22.8 Å². The van der Waals surface area contributed by atoms with Gasteiger partial charge < -0.3 is 4.90 Å². The zero-order chi connectivity index (χ0) is 17.7. The van der Waals surface area contributed by atoms with E-state index in [-0.39, 0.29) is 12.5 Å². The summed E-state index contributed by atoms with van der Waals surface area (Å²) in [6, 6.07) is 0. The molecule has 2 aliphatic heterocycles. The topological polar surface area (TPSA) is 87.2 Å². The number of carbonyl (C=O) groups is 1. The minimum Gasteiger partial charge on any atom is -0.375 e. The predicted molar refractivity (Wildman–Crippen MR) is 96.7 cm³/mol. The number of nitrogens with zero attached hydrogens (tertiary/aromatic N) is 2. The third kappa shape index (κ3) is 5.28. The second-order valence-electron chi connectivity index (χ2n) is 5.30. The largest absolute Gasteiger partial charge is 0.397 e. The molecule has 0 saturated carbocycles. The van der Waals surface area contributed by atoms with Gasteiger partial charge in [0.15, 0.2) is 0 Å². The quantitative estimate of drug-likeness (QED) is 0.304. The fraction of sp³-hybridized carbons (Fsp3) is 0.571. The lowest BCUT2D eigenvalue weighted by atomic mass is 10.2. The van der Waals surface area contributed by atoms with Crippen molar-refractivity contribution in [2.45, 2.75) is 26.2 Å². The summed E-state index contributed by atoms with van der Waals surface area (Å²) < 4.78 is 34.4. The number of thiocarbonyl (C=S) groups is 1. The fourth-order valence-electron chi connectivity index (χ4n) is 2.58. The molecule has 2 fully saturated rings. The number of allylic oxidation sites excluding steroid dienone is 3. The number of thioether (sulfide) groups is 1. The lowest BCUT2D eigenvalue weighted by Crippen LogP contribution is -2.27. The van der Waals surface area contributed by atoms with Crippen molar-refractivity contribution >= 4 is 44.6 Å². The first-order chi connectivity index (χ1) is 11.3. The molecule has 0 spiro atoms. The third-order valence-corrected chi connectivity index (χ3v) is 5.55. The maximum Gasteiger partial charge on any atom is 0.397 e. The van der Waals surface area contributed by atoms with Gasteiger partial charge in [-0.15, -0.1) is 0 Å². The van der Waals surface area contributed by atoms with E-state index >= 15 is 0 Å². The van der Waals surface area contributed by atoms with E-state index in [4.69, 9.17) is 16.8 Å². The second-order valence-corrected chi connectivity index (χ2v) is 8.07.